The molecule has 5 nitrogen and oxygen atoms in total. The molecule has 1 heterocycles. The Labute approximate surface area is 111 Å². The van der Waals surface area contributed by atoms with Gasteiger partial charge in [-0.25, -0.2) is 4.39 Å². The maximum absolute atomic E-state index is 13.1. The van der Waals surface area contributed by atoms with E-state index in [9.17, 15) is 14.3 Å². The summed E-state index contributed by atoms with van der Waals surface area (Å²) in [4.78, 5) is 13.7. The first-order chi connectivity index (χ1) is 9.04. The molecule has 0 aromatic heterocycles. The van der Waals surface area contributed by atoms with E-state index in [1.54, 1.807) is 0 Å². The van der Waals surface area contributed by atoms with Crippen LogP contribution in [0.5, 0.6) is 0 Å². The lowest BCUT2D eigenvalue weighted by atomic mass is 10.1. The lowest BCUT2D eigenvalue weighted by Gasteiger charge is -2.29. The number of piperidine rings is 1. The molecule has 2 rings (SSSR count). The van der Waals surface area contributed by atoms with Gasteiger partial charge in [0.25, 0.3) is 0 Å². The number of aliphatic hydroxyl groups excluding tert-OH is 1. The smallest absolute Gasteiger partial charge is 0.238 e. The van der Waals surface area contributed by atoms with E-state index in [1.165, 1.54) is 18.2 Å². The number of β-amino-alcohol motifs (C(OH)–C–C–N with tert-alkyl or cyclic N) is 1. The summed E-state index contributed by atoms with van der Waals surface area (Å²) in [6.07, 6.45) is 1.27. The van der Waals surface area contributed by atoms with E-state index >= 15 is 0 Å². The number of hydrogen-bond donors (Lipinski definition) is 3. The van der Waals surface area contributed by atoms with E-state index in [0.29, 0.717) is 12.2 Å². The molecule has 0 bridgehead atoms. The fraction of sp³-hybridized carbons (Fsp3) is 0.462. The van der Waals surface area contributed by atoms with Crippen LogP contribution in [0.15, 0.2) is 18.2 Å². The van der Waals surface area contributed by atoms with Gasteiger partial charge in [0.1, 0.15) is 5.82 Å². The van der Waals surface area contributed by atoms with Gasteiger partial charge in [0.05, 0.1) is 24.0 Å². The number of halogens is 1. The molecule has 1 aliphatic heterocycles. The second-order valence-corrected chi connectivity index (χ2v) is 4.81. The predicted octanol–water partition coefficient (Wildman–Crippen LogP) is 0.803. The molecule has 1 fully saturated rings. The minimum atomic E-state index is -0.446. The van der Waals surface area contributed by atoms with Crippen LogP contribution in [0.3, 0.4) is 0 Å². The molecular weight excluding hydrogens is 249 g/mol. The number of amides is 1. The Morgan fingerprint density at radius 1 is 1.58 bits per heavy atom. The molecule has 104 valence electrons. The fourth-order valence-corrected chi connectivity index (χ4v) is 2.20. The number of aliphatic hydroxyl groups is 1. The number of nitrogens with zero attached hydrogens (tertiary/aromatic N) is 1. The van der Waals surface area contributed by atoms with Crippen LogP contribution in [-0.4, -0.2) is 41.7 Å². The van der Waals surface area contributed by atoms with E-state index in [2.05, 4.69) is 5.32 Å². The number of carbonyl (C=O) groups is 1. The molecule has 1 amide bonds. The zero-order valence-electron chi connectivity index (χ0n) is 10.6. The number of carbonyl (C=O) groups excluding carboxylic acids is 1. The maximum Gasteiger partial charge on any atom is 0.238 e. The van der Waals surface area contributed by atoms with Crippen molar-refractivity contribution in [1.29, 1.82) is 0 Å². The zero-order valence-corrected chi connectivity index (χ0v) is 10.6. The standard InChI is InChI=1S/C13H18FN3O2/c14-9-3-4-11(15)12(6-9)16-13(19)8-17-5-1-2-10(18)7-17/h3-4,6,10,18H,1-2,5,7-8,15H2,(H,16,19). The van der Waals surface area contributed by atoms with Gasteiger partial charge in [0, 0.05) is 6.54 Å². The van der Waals surface area contributed by atoms with Crippen LogP contribution in [0.25, 0.3) is 0 Å². The number of anilines is 2. The summed E-state index contributed by atoms with van der Waals surface area (Å²) in [7, 11) is 0. The Balaban J connectivity index is 1.92. The van der Waals surface area contributed by atoms with Crippen LogP contribution in [0.2, 0.25) is 0 Å². The van der Waals surface area contributed by atoms with Crippen molar-refractivity contribution in [3.05, 3.63) is 24.0 Å². The third-order valence-corrected chi connectivity index (χ3v) is 3.14. The molecule has 1 aliphatic rings. The van der Waals surface area contributed by atoms with Crippen molar-refractivity contribution >= 4 is 17.3 Å². The lowest BCUT2D eigenvalue weighted by molar-refractivity contribution is -0.118. The van der Waals surface area contributed by atoms with Gasteiger partial charge in [-0.3, -0.25) is 9.69 Å². The Morgan fingerprint density at radius 3 is 3.11 bits per heavy atom. The Bertz CT molecular complexity index is 467. The monoisotopic (exact) mass is 267 g/mol. The van der Waals surface area contributed by atoms with Gasteiger partial charge in [-0.05, 0) is 37.6 Å². The normalized spacial score (nSPS) is 20.2. The molecule has 4 N–H and O–H groups in total. The highest BCUT2D eigenvalue weighted by Gasteiger charge is 2.19. The van der Waals surface area contributed by atoms with Crippen LogP contribution < -0.4 is 11.1 Å². The average Bonchev–Trinajstić information content (AvgIpc) is 2.34. The van der Waals surface area contributed by atoms with Crippen molar-refractivity contribution in [2.45, 2.75) is 18.9 Å². The van der Waals surface area contributed by atoms with Crippen LogP contribution in [-0.2, 0) is 4.79 Å². The van der Waals surface area contributed by atoms with E-state index in [0.717, 1.165) is 19.4 Å². The highest BCUT2D eigenvalue weighted by atomic mass is 19.1. The van der Waals surface area contributed by atoms with Crippen molar-refractivity contribution in [2.75, 3.05) is 30.7 Å². The third-order valence-electron chi connectivity index (χ3n) is 3.14. The van der Waals surface area contributed by atoms with Gasteiger partial charge in [-0.2, -0.15) is 0 Å². The zero-order chi connectivity index (χ0) is 13.8. The second kappa shape index (κ2) is 5.99. The largest absolute Gasteiger partial charge is 0.397 e. The topological polar surface area (TPSA) is 78.6 Å². The number of nitrogen functional groups attached to an aromatic ring is 1. The Hall–Kier alpha value is -1.66. The molecule has 0 aliphatic carbocycles. The summed E-state index contributed by atoms with van der Waals surface area (Å²) < 4.78 is 13.1. The first-order valence-corrected chi connectivity index (χ1v) is 6.30. The quantitative estimate of drug-likeness (QED) is 0.708. The SMILES string of the molecule is Nc1ccc(F)cc1NC(=O)CN1CCCC(O)C1. The molecule has 19 heavy (non-hydrogen) atoms. The van der Waals surface area contributed by atoms with Gasteiger partial charge < -0.3 is 16.2 Å². The Morgan fingerprint density at radius 2 is 2.37 bits per heavy atom. The summed E-state index contributed by atoms with van der Waals surface area (Å²) in [6.45, 7) is 1.45. The molecule has 1 aromatic carbocycles. The molecular formula is C13H18FN3O2. The number of benzene rings is 1. The first-order valence-electron chi connectivity index (χ1n) is 6.30. The summed E-state index contributed by atoms with van der Waals surface area (Å²) in [5, 5.41) is 12.1. The summed E-state index contributed by atoms with van der Waals surface area (Å²) >= 11 is 0. The predicted molar refractivity (Wildman–Crippen MR) is 71.1 cm³/mol. The second-order valence-electron chi connectivity index (χ2n) is 4.81. The van der Waals surface area contributed by atoms with Crippen molar-refractivity contribution in [2.24, 2.45) is 0 Å². The van der Waals surface area contributed by atoms with E-state index < -0.39 is 5.82 Å². The van der Waals surface area contributed by atoms with Crippen LogP contribution in [0, 0.1) is 5.82 Å². The minimum Gasteiger partial charge on any atom is -0.397 e. The number of nitrogens with two attached hydrogens (primary N) is 1. The van der Waals surface area contributed by atoms with Crippen molar-refractivity contribution in [1.82, 2.24) is 4.90 Å². The van der Waals surface area contributed by atoms with Gasteiger partial charge in [0.15, 0.2) is 0 Å². The molecule has 1 aromatic rings. The van der Waals surface area contributed by atoms with Crippen molar-refractivity contribution in [3.63, 3.8) is 0 Å². The number of rotatable bonds is 3. The molecule has 1 unspecified atom stereocenters. The summed E-state index contributed by atoms with van der Waals surface area (Å²) in [5.74, 6) is -0.704. The first kappa shape index (κ1) is 13.8. The Kier molecular flexibility index (Phi) is 4.34. The number of nitrogens with one attached hydrogen (secondary N) is 1. The molecule has 1 saturated heterocycles. The summed E-state index contributed by atoms with van der Waals surface area (Å²) in [6, 6.07) is 3.85. The molecule has 1 atom stereocenters. The lowest BCUT2D eigenvalue weighted by Crippen LogP contribution is -2.42. The van der Waals surface area contributed by atoms with E-state index in [1.807, 2.05) is 4.90 Å². The van der Waals surface area contributed by atoms with E-state index in [-0.39, 0.29) is 24.2 Å². The third kappa shape index (κ3) is 3.90. The highest BCUT2D eigenvalue weighted by molar-refractivity contribution is 5.95. The van der Waals surface area contributed by atoms with Crippen LogP contribution in [0.4, 0.5) is 15.8 Å². The number of likely N-dealkylation sites (tertiary alicyclic amines) is 1. The average molecular weight is 267 g/mol. The number of hydrogen-bond acceptors (Lipinski definition) is 4. The van der Waals surface area contributed by atoms with Gasteiger partial charge >= 0.3 is 0 Å². The summed E-state index contributed by atoms with van der Waals surface area (Å²) in [5.41, 5.74) is 6.27. The van der Waals surface area contributed by atoms with Crippen LogP contribution in [0.1, 0.15) is 12.8 Å². The van der Waals surface area contributed by atoms with Crippen LogP contribution >= 0.6 is 0 Å². The van der Waals surface area contributed by atoms with Crippen molar-refractivity contribution < 1.29 is 14.3 Å². The van der Waals surface area contributed by atoms with Crippen molar-refractivity contribution in [3.8, 4) is 0 Å². The maximum atomic E-state index is 13.1. The highest BCUT2D eigenvalue weighted by Crippen LogP contribution is 2.19. The molecule has 0 spiro atoms. The fourth-order valence-electron chi connectivity index (χ4n) is 2.20. The van der Waals surface area contributed by atoms with Gasteiger partial charge in [-0.15, -0.1) is 0 Å². The van der Waals surface area contributed by atoms with E-state index in [4.69, 9.17) is 5.73 Å². The molecule has 6 heteroatoms. The minimum absolute atomic E-state index is 0.174. The molecule has 0 radical (unpaired) electrons. The molecule has 0 saturated carbocycles. The van der Waals surface area contributed by atoms with Gasteiger partial charge in [-0.1, -0.05) is 0 Å². The van der Waals surface area contributed by atoms with Gasteiger partial charge in [0.2, 0.25) is 5.91 Å².